The highest BCUT2D eigenvalue weighted by Crippen LogP contribution is 2.38. The molecular weight excluding hydrogens is 601 g/mol. The number of benzene rings is 6. The lowest BCUT2D eigenvalue weighted by molar-refractivity contribution is 0.463. The Kier molecular flexibility index (Phi) is 8.21. The normalized spacial score (nSPS) is 10.9. The Bertz CT molecular complexity index is 2250. The number of hydrogen-bond acceptors (Lipinski definition) is 4. The van der Waals surface area contributed by atoms with Crippen LogP contribution in [0.4, 0.5) is 17.2 Å². The molecule has 8 rings (SSSR count). The van der Waals surface area contributed by atoms with Gasteiger partial charge in [0.2, 0.25) is 5.88 Å². The van der Waals surface area contributed by atoms with Gasteiger partial charge >= 0.3 is 0 Å². The molecule has 6 aromatic carbocycles. The molecule has 0 saturated heterocycles. The van der Waals surface area contributed by atoms with E-state index >= 15 is 0 Å². The molecule has 49 heavy (non-hydrogen) atoms. The fourth-order valence-electron chi connectivity index (χ4n) is 6.11. The Morgan fingerprint density at radius 2 is 1.04 bits per heavy atom. The van der Waals surface area contributed by atoms with Crippen molar-refractivity contribution >= 4 is 17.2 Å². The van der Waals surface area contributed by atoms with E-state index < -0.39 is 0 Å². The van der Waals surface area contributed by atoms with Crippen LogP contribution in [0.25, 0.3) is 39.2 Å². The molecule has 0 spiro atoms. The molecule has 0 fully saturated rings. The summed E-state index contributed by atoms with van der Waals surface area (Å²) in [6.45, 7) is 0. The highest BCUT2D eigenvalue weighted by atomic mass is 16.5. The molecule has 0 N–H and O–H groups in total. The SMILES string of the molecule is c1ccc(Oc2cccc(N(c3ccccc3)c3cccc(-c4cn(-c5c(-c6ccccc6)cccc5-c5ccccc5)cn4)c3)n2)cc1. The smallest absolute Gasteiger partial charge is 0.221 e. The van der Waals surface area contributed by atoms with Gasteiger partial charge in [0.05, 0.1) is 17.7 Å². The molecule has 0 aliphatic rings. The summed E-state index contributed by atoms with van der Waals surface area (Å²) in [6, 6.07) is 61.7. The van der Waals surface area contributed by atoms with Gasteiger partial charge in [-0.3, -0.25) is 4.90 Å². The predicted molar refractivity (Wildman–Crippen MR) is 199 cm³/mol. The number of aromatic nitrogens is 3. The number of para-hydroxylation sites is 3. The van der Waals surface area contributed by atoms with Gasteiger partial charge in [0, 0.05) is 40.3 Å². The Morgan fingerprint density at radius 1 is 0.490 bits per heavy atom. The van der Waals surface area contributed by atoms with E-state index in [-0.39, 0.29) is 0 Å². The quantitative estimate of drug-likeness (QED) is 0.159. The molecule has 0 unspecified atom stereocenters. The molecule has 234 valence electrons. The van der Waals surface area contributed by atoms with E-state index in [9.17, 15) is 0 Å². The van der Waals surface area contributed by atoms with Gasteiger partial charge in [-0.2, -0.15) is 4.98 Å². The fraction of sp³-hybridized carbons (Fsp3) is 0. The van der Waals surface area contributed by atoms with Crippen molar-refractivity contribution in [2.45, 2.75) is 0 Å². The minimum absolute atomic E-state index is 0.519. The van der Waals surface area contributed by atoms with Crippen molar-refractivity contribution in [1.82, 2.24) is 14.5 Å². The second kappa shape index (κ2) is 13.6. The van der Waals surface area contributed by atoms with Crippen molar-refractivity contribution < 1.29 is 4.74 Å². The molecule has 0 bridgehead atoms. The highest BCUT2D eigenvalue weighted by molar-refractivity contribution is 5.86. The van der Waals surface area contributed by atoms with Crippen molar-refractivity contribution in [3.05, 3.63) is 195 Å². The summed E-state index contributed by atoms with van der Waals surface area (Å²) < 4.78 is 8.26. The van der Waals surface area contributed by atoms with E-state index in [0.717, 1.165) is 62.1 Å². The summed E-state index contributed by atoms with van der Waals surface area (Å²) in [5.41, 5.74) is 9.46. The van der Waals surface area contributed by atoms with Crippen LogP contribution < -0.4 is 9.64 Å². The van der Waals surface area contributed by atoms with Crippen LogP contribution in [0.1, 0.15) is 0 Å². The van der Waals surface area contributed by atoms with Gasteiger partial charge in [-0.15, -0.1) is 0 Å². The zero-order chi connectivity index (χ0) is 32.8. The van der Waals surface area contributed by atoms with Crippen LogP contribution in [0.15, 0.2) is 195 Å². The van der Waals surface area contributed by atoms with Crippen LogP contribution in [0.5, 0.6) is 11.6 Å². The van der Waals surface area contributed by atoms with Crippen LogP contribution in [-0.2, 0) is 0 Å². The number of rotatable bonds is 9. The molecule has 0 aliphatic carbocycles. The second-order valence-corrected chi connectivity index (χ2v) is 11.6. The molecule has 5 nitrogen and oxygen atoms in total. The largest absolute Gasteiger partial charge is 0.439 e. The third-order valence-electron chi connectivity index (χ3n) is 8.36. The maximum Gasteiger partial charge on any atom is 0.221 e. The van der Waals surface area contributed by atoms with E-state index in [0.29, 0.717) is 5.88 Å². The van der Waals surface area contributed by atoms with Gasteiger partial charge in [0.1, 0.15) is 11.6 Å². The topological polar surface area (TPSA) is 43.2 Å². The van der Waals surface area contributed by atoms with Gasteiger partial charge in [0.25, 0.3) is 0 Å². The number of anilines is 3. The minimum atomic E-state index is 0.519. The molecule has 8 aromatic rings. The summed E-state index contributed by atoms with van der Waals surface area (Å²) in [5.74, 6) is 2.00. The van der Waals surface area contributed by atoms with E-state index in [4.69, 9.17) is 14.7 Å². The van der Waals surface area contributed by atoms with Crippen molar-refractivity contribution in [2.24, 2.45) is 0 Å². The van der Waals surface area contributed by atoms with Crippen molar-refractivity contribution in [3.63, 3.8) is 0 Å². The molecule has 5 heteroatoms. The van der Waals surface area contributed by atoms with Gasteiger partial charge < -0.3 is 9.30 Å². The minimum Gasteiger partial charge on any atom is -0.439 e. The lowest BCUT2D eigenvalue weighted by Crippen LogP contribution is -2.11. The average Bonchev–Trinajstić information content (AvgIpc) is 3.67. The molecule has 0 radical (unpaired) electrons. The lowest BCUT2D eigenvalue weighted by Gasteiger charge is -2.25. The predicted octanol–water partition coefficient (Wildman–Crippen LogP) is 11.5. The maximum atomic E-state index is 6.11. The molecule has 2 aromatic heterocycles. The zero-order valence-corrected chi connectivity index (χ0v) is 26.7. The van der Waals surface area contributed by atoms with Gasteiger partial charge in [-0.25, -0.2) is 4.98 Å². The molecule has 2 heterocycles. The number of ether oxygens (including phenoxy) is 1. The third kappa shape index (κ3) is 6.33. The van der Waals surface area contributed by atoms with E-state index in [2.05, 4.69) is 119 Å². The van der Waals surface area contributed by atoms with Gasteiger partial charge in [-0.05, 0) is 53.6 Å². The Morgan fingerprint density at radius 3 is 1.71 bits per heavy atom. The second-order valence-electron chi connectivity index (χ2n) is 11.6. The van der Waals surface area contributed by atoms with Crippen LogP contribution in [0.3, 0.4) is 0 Å². The van der Waals surface area contributed by atoms with Crippen molar-refractivity contribution in [3.8, 4) is 50.8 Å². The lowest BCUT2D eigenvalue weighted by atomic mass is 9.96. The van der Waals surface area contributed by atoms with Gasteiger partial charge in [-0.1, -0.05) is 133 Å². The van der Waals surface area contributed by atoms with E-state index in [1.165, 1.54) is 0 Å². The maximum absolute atomic E-state index is 6.11. The van der Waals surface area contributed by atoms with Crippen LogP contribution in [0.2, 0.25) is 0 Å². The summed E-state index contributed by atoms with van der Waals surface area (Å²) in [5, 5.41) is 0. The first-order chi connectivity index (χ1) is 24.3. The number of hydrogen-bond donors (Lipinski definition) is 0. The molecule has 0 saturated carbocycles. The number of imidazole rings is 1. The monoisotopic (exact) mass is 632 g/mol. The zero-order valence-electron chi connectivity index (χ0n) is 26.7. The van der Waals surface area contributed by atoms with Crippen molar-refractivity contribution in [1.29, 1.82) is 0 Å². The Labute approximate surface area is 286 Å². The van der Waals surface area contributed by atoms with E-state index in [1.54, 1.807) is 0 Å². The summed E-state index contributed by atoms with van der Waals surface area (Å²) >= 11 is 0. The number of nitrogens with zero attached hydrogens (tertiary/aromatic N) is 4. The first-order valence-electron chi connectivity index (χ1n) is 16.2. The molecular formula is C44H32N4O. The summed E-state index contributed by atoms with van der Waals surface area (Å²) in [4.78, 5) is 12.0. The van der Waals surface area contributed by atoms with Crippen LogP contribution in [0, 0.1) is 0 Å². The molecule has 0 atom stereocenters. The summed E-state index contributed by atoms with van der Waals surface area (Å²) in [7, 11) is 0. The fourth-order valence-corrected chi connectivity index (χ4v) is 6.11. The van der Waals surface area contributed by atoms with Crippen LogP contribution >= 0.6 is 0 Å². The third-order valence-corrected chi connectivity index (χ3v) is 8.36. The Balaban J connectivity index is 1.20. The average molecular weight is 633 g/mol. The van der Waals surface area contributed by atoms with Gasteiger partial charge in [0.15, 0.2) is 0 Å². The molecule has 0 aliphatic heterocycles. The molecule has 0 amide bonds. The summed E-state index contributed by atoms with van der Waals surface area (Å²) in [6.07, 6.45) is 4.03. The highest BCUT2D eigenvalue weighted by Gasteiger charge is 2.18. The van der Waals surface area contributed by atoms with E-state index in [1.807, 2.05) is 85.2 Å². The Hall–Kier alpha value is -6.72. The van der Waals surface area contributed by atoms with Crippen LogP contribution in [-0.4, -0.2) is 14.5 Å². The van der Waals surface area contributed by atoms with Crippen molar-refractivity contribution in [2.75, 3.05) is 4.90 Å². The number of pyridine rings is 1. The first kappa shape index (κ1) is 29.7. The standard InChI is InChI=1S/C44H32N4O/c1-5-16-33(17-6-1)39-26-14-27-40(34-18-7-2-8-19-34)44(39)47-31-41(45-32-47)35-20-13-23-37(30-35)48(36-21-9-3-10-22-36)42-28-15-29-43(46-42)49-38-24-11-4-12-25-38/h1-32H. The first-order valence-corrected chi connectivity index (χ1v) is 16.2.